The van der Waals surface area contributed by atoms with Crippen LogP contribution in [0.5, 0.6) is 0 Å². The van der Waals surface area contributed by atoms with E-state index in [1.807, 2.05) is 11.6 Å². The molecule has 0 aliphatic carbocycles. The first-order valence-electron chi connectivity index (χ1n) is 10.5. The van der Waals surface area contributed by atoms with E-state index in [0.717, 1.165) is 48.7 Å². The second kappa shape index (κ2) is 9.07. The van der Waals surface area contributed by atoms with Crippen LogP contribution in [-0.2, 0) is 11.2 Å². The zero-order valence-corrected chi connectivity index (χ0v) is 17.6. The maximum Gasteiger partial charge on any atom is 0.224 e. The lowest BCUT2D eigenvalue weighted by Gasteiger charge is -2.32. The van der Waals surface area contributed by atoms with Gasteiger partial charge in [0.25, 0.3) is 0 Å². The second-order valence-electron chi connectivity index (χ2n) is 7.90. The molecule has 1 fully saturated rings. The molecule has 156 valence electrons. The summed E-state index contributed by atoms with van der Waals surface area (Å²) in [6.07, 6.45) is 7.84. The third-order valence-corrected chi connectivity index (χ3v) is 5.57. The highest BCUT2D eigenvalue weighted by atomic mass is 16.1. The van der Waals surface area contributed by atoms with Crippen molar-refractivity contribution < 1.29 is 4.79 Å². The van der Waals surface area contributed by atoms with Crippen LogP contribution >= 0.6 is 0 Å². The maximum absolute atomic E-state index is 12.7. The zero-order chi connectivity index (χ0) is 20.9. The number of carbonyl (C=O) groups is 1. The average Bonchev–Trinajstić information content (AvgIpc) is 3.12. The molecule has 1 aromatic carbocycles. The highest BCUT2D eigenvalue weighted by molar-refractivity contribution is 5.79. The Bertz CT molecular complexity index is 983. The first-order chi connectivity index (χ1) is 14.6. The Morgan fingerprint density at radius 1 is 1.20 bits per heavy atom. The van der Waals surface area contributed by atoms with Crippen molar-refractivity contribution in [3.8, 4) is 5.69 Å². The van der Waals surface area contributed by atoms with Crippen molar-refractivity contribution in [2.45, 2.75) is 33.1 Å². The van der Waals surface area contributed by atoms with Gasteiger partial charge in [0.05, 0.1) is 23.5 Å². The van der Waals surface area contributed by atoms with E-state index in [9.17, 15) is 4.79 Å². The monoisotopic (exact) mass is 404 g/mol. The summed E-state index contributed by atoms with van der Waals surface area (Å²) in [5.41, 5.74) is 4.39. The number of nitrogens with zero attached hydrogens (tertiary/aromatic N) is 5. The molecule has 3 aromatic rings. The van der Waals surface area contributed by atoms with E-state index in [1.54, 1.807) is 18.6 Å². The Kier molecular flexibility index (Phi) is 6.07. The first kappa shape index (κ1) is 20.1. The number of rotatable bonds is 6. The van der Waals surface area contributed by atoms with Crippen LogP contribution in [0.4, 0.5) is 5.82 Å². The molecule has 1 N–H and O–H groups in total. The quantitative estimate of drug-likeness (QED) is 0.684. The number of hydrogen-bond acceptors (Lipinski definition) is 5. The molecule has 7 nitrogen and oxygen atoms in total. The molecule has 0 saturated carbocycles. The van der Waals surface area contributed by atoms with Gasteiger partial charge in [-0.25, -0.2) is 9.67 Å². The molecule has 7 heteroatoms. The molecular weight excluding hydrogens is 376 g/mol. The summed E-state index contributed by atoms with van der Waals surface area (Å²) in [7, 11) is 0. The Balaban J connectivity index is 1.28. The van der Waals surface area contributed by atoms with Gasteiger partial charge in [0.15, 0.2) is 0 Å². The van der Waals surface area contributed by atoms with Crippen molar-refractivity contribution in [3.63, 3.8) is 0 Å². The molecule has 1 amide bonds. The van der Waals surface area contributed by atoms with Crippen molar-refractivity contribution in [1.29, 1.82) is 0 Å². The fourth-order valence-electron chi connectivity index (χ4n) is 4.02. The minimum atomic E-state index is -0.00541. The normalized spacial score (nSPS) is 16.5. The van der Waals surface area contributed by atoms with E-state index in [-0.39, 0.29) is 11.8 Å². The highest BCUT2D eigenvalue weighted by Crippen LogP contribution is 2.21. The fraction of sp³-hybridized carbons (Fsp3) is 0.391. The SMILES string of the molecule is Cc1cc(C)n(-c2ccc(CCNC(=O)C3CCCN(c4cnccn4)C3)cc2)n1. The van der Waals surface area contributed by atoms with Crippen LogP contribution in [0, 0.1) is 19.8 Å². The van der Waals surface area contributed by atoms with E-state index in [2.05, 4.69) is 62.5 Å². The molecule has 2 aromatic heterocycles. The minimum absolute atomic E-state index is 0.00541. The molecule has 1 atom stereocenters. The van der Waals surface area contributed by atoms with Crippen LogP contribution in [0.1, 0.15) is 29.8 Å². The van der Waals surface area contributed by atoms with Crippen LogP contribution in [0.25, 0.3) is 5.69 Å². The summed E-state index contributed by atoms with van der Waals surface area (Å²) >= 11 is 0. The highest BCUT2D eigenvalue weighted by Gasteiger charge is 2.26. The Morgan fingerprint density at radius 2 is 2.03 bits per heavy atom. The largest absolute Gasteiger partial charge is 0.355 e. The Hall–Kier alpha value is -3.22. The first-order valence-corrected chi connectivity index (χ1v) is 10.5. The fourth-order valence-corrected chi connectivity index (χ4v) is 4.02. The number of aryl methyl sites for hydroxylation is 2. The van der Waals surface area contributed by atoms with Crippen LogP contribution in [0.2, 0.25) is 0 Å². The lowest BCUT2D eigenvalue weighted by molar-refractivity contribution is -0.125. The van der Waals surface area contributed by atoms with Crippen molar-refractivity contribution in [3.05, 3.63) is 65.9 Å². The van der Waals surface area contributed by atoms with Gasteiger partial charge in [-0.1, -0.05) is 12.1 Å². The number of nitrogens with one attached hydrogen (secondary N) is 1. The zero-order valence-electron chi connectivity index (χ0n) is 17.6. The summed E-state index contributed by atoms with van der Waals surface area (Å²) in [5.74, 6) is 0.967. The van der Waals surface area contributed by atoms with Gasteiger partial charge in [-0.3, -0.25) is 9.78 Å². The Labute approximate surface area is 177 Å². The summed E-state index contributed by atoms with van der Waals surface area (Å²) in [6.45, 7) is 6.31. The van der Waals surface area contributed by atoms with Gasteiger partial charge in [-0.15, -0.1) is 0 Å². The lowest BCUT2D eigenvalue weighted by Crippen LogP contribution is -2.43. The molecule has 1 aliphatic rings. The predicted octanol–water partition coefficient (Wildman–Crippen LogP) is 2.85. The smallest absolute Gasteiger partial charge is 0.224 e. The molecule has 0 bridgehead atoms. The average molecular weight is 405 g/mol. The Morgan fingerprint density at radius 3 is 2.73 bits per heavy atom. The summed E-state index contributed by atoms with van der Waals surface area (Å²) < 4.78 is 1.95. The number of carbonyl (C=O) groups excluding carboxylic acids is 1. The van der Waals surface area contributed by atoms with E-state index in [4.69, 9.17) is 0 Å². The van der Waals surface area contributed by atoms with Gasteiger partial charge in [-0.2, -0.15) is 5.10 Å². The number of amides is 1. The third-order valence-electron chi connectivity index (χ3n) is 5.57. The lowest BCUT2D eigenvalue weighted by atomic mass is 9.97. The second-order valence-corrected chi connectivity index (χ2v) is 7.90. The van der Waals surface area contributed by atoms with Gasteiger partial charge in [0.1, 0.15) is 5.82 Å². The summed E-state index contributed by atoms with van der Waals surface area (Å²) in [5, 5.41) is 7.63. The number of anilines is 1. The van der Waals surface area contributed by atoms with E-state index in [0.29, 0.717) is 13.1 Å². The number of piperidine rings is 1. The van der Waals surface area contributed by atoms with Crippen molar-refractivity contribution in [2.24, 2.45) is 5.92 Å². The number of benzene rings is 1. The van der Waals surface area contributed by atoms with E-state index in [1.165, 1.54) is 5.56 Å². The standard InChI is InChI=1S/C23H28N6O/c1-17-14-18(2)29(27-17)21-7-5-19(6-8-21)9-10-26-23(30)20-4-3-13-28(16-20)22-15-24-11-12-25-22/h5-8,11-12,14-15,20H,3-4,9-10,13,16H2,1-2H3,(H,26,30). The third kappa shape index (κ3) is 4.67. The van der Waals surface area contributed by atoms with E-state index >= 15 is 0 Å². The van der Waals surface area contributed by atoms with Gasteiger partial charge in [0.2, 0.25) is 5.91 Å². The number of hydrogen-bond donors (Lipinski definition) is 1. The number of aromatic nitrogens is 4. The molecule has 3 heterocycles. The van der Waals surface area contributed by atoms with Gasteiger partial charge >= 0.3 is 0 Å². The molecule has 0 radical (unpaired) electrons. The molecule has 1 unspecified atom stereocenters. The topological polar surface area (TPSA) is 75.9 Å². The van der Waals surface area contributed by atoms with Gasteiger partial charge in [-0.05, 0) is 56.9 Å². The van der Waals surface area contributed by atoms with Crippen LogP contribution in [0.15, 0.2) is 48.9 Å². The molecule has 1 saturated heterocycles. The maximum atomic E-state index is 12.7. The van der Waals surface area contributed by atoms with Crippen molar-refractivity contribution >= 4 is 11.7 Å². The van der Waals surface area contributed by atoms with Crippen LogP contribution in [-0.4, -0.2) is 45.3 Å². The predicted molar refractivity (Wildman–Crippen MR) is 117 cm³/mol. The molecule has 1 aliphatic heterocycles. The van der Waals surface area contributed by atoms with Crippen LogP contribution < -0.4 is 10.2 Å². The molecule has 4 rings (SSSR count). The molecule has 30 heavy (non-hydrogen) atoms. The van der Waals surface area contributed by atoms with Gasteiger partial charge < -0.3 is 10.2 Å². The van der Waals surface area contributed by atoms with Crippen molar-refractivity contribution in [1.82, 2.24) is 25.1 Å². The van der Waals surface area contributed by atoms with E-state index < -0.39 is 0 Å². The van der Waals surface area contributed by atoms with Crippen LogP contribution in [0.3, 0.4) is 0 Å². The molecule has 0 spiro atoms. The van der Waals surface area contributed by atoms with Crippen molar-refractivity contribution in [2.75, 3.05) is 24.5 Å². The molecular formula is C23H28N6O. The minimum Gasteiger partial charge on any atom is -0.355 e. The summed E-state index contributed by atoms with van der Waals surface area (Å²) in [6, 6.07) is 10.4. The van der Waals surface area contributed by atoms with Gasteiger partial charge in [0, 0.05) is 37.7 Å². The summed E-state index contributed by atoms with van der Waals surface area (Å²) in [4.78, 5) is 23.3.